The Morgan fingerprint density at radius 2 is 2.22 bits per heavy atom. The average Bonchev–Trinajstić information content (AvgIpc) is 2.29. The third-order valence-corrected chi connectivity index (χ3v) is 1.97. The summed E-state index contributed by atoms with van der Waals surface area (Å²) in [6, 6.07) is 1.93. The van der Waals surface area contributed by atoms with E-state index in [1.807, 2.05) is 6.07 Å². The van der Waals surface area contributed by atoms with Crippen LogP contribution >= 0.6 is 0 Å². The van der Waals surface area contributed by atoms with Gasteiger partial charge in [-0.3, -0.25) is 14.5 Å². The van der Waals surface area contributed by atoms with Crippen LogP contribution in [0.5, 0.6) is 0 Å². The van der Waals surface area contributed by atoms with Crippen LogP contribution < -0.4 is 5.32 Å². The van der Waals surface area contributed by atoms with Gasteiger partial charge in [0.15, 0.2) is 0 Å². The minimum atomic E-state index is -0.371. The highest BCUT2D eigenvalue weighted by molar-refractivity contribution is 5.79. The normalized spacial score (nSPS) is 9.61. The predicted molar refractivity (Wildman–Crippen MR) is 66.5 cm³/mol. The Hall–Kier alpha value is -1.87. The standard InChI is InChI=1S/C12H19N3O3/c1-3-8-15(10-12(17)18-4-2)9-11(16)14-7-5-6-13/h3H,1,4-5,7-10H2,2H3,(H,14,16). The molecule has 0 aromatic heterocycles. The molecule has 6 nitrogen and oxygen atoms in total. The highest BCUT2D eigenvalue weighted by Crippen LogP contribution is 1.91. The second kappa shape index (κ2) is 10.3. The van der Waals surface area contributed by atoms with E-state index in [4.69, 9.17) is 10.00 Å². The summed E-state index contributed by atoms with van der Waals surface area (Å²) in [4.78, 5) is 24.4. The lowest BCUT2D eigenvalue weighted by Crippen LogP contribution is -2.40. The van der Waals surface area contributed by atoms with Crippen LogP contribution in [-0.2, 0) is 14.3 Å². The third-order valence-electron chi connectivity index (χ3n) is 1.97. The molecule has 0 aliphatic rings. The molecule has 6 heteroatoms. The molecular weight excluding hydrogens is 234 g/mol. The molecule has 0 unspecified atom stereocenters. The van der Waals surface area contributed by atoms with E-state index in [1.54, 1.807) is 17.9 Å². The van der Waals surface area contributed by atoms with Crippen LogP contribution in [0.15, 0.2) is 12.7 Å². The minimum absolute atomic E-state index is 0.0472. The van der Waals surface area contributed by atoms with E-state index < -0.39 is 0 Å². The molecule has 0 aliphatic heterocycles. The van der Waals surface area contributed by atoms with Gasteiger partial charge in [-0.1, -0.05) is 6.08 Å². The number of nitrogens with one attached hydrogen (secondary N) is 1. The Morgan fingerprint density at radius 1 is 1.50 bits per heavy atom. The molecule has 0 saturated heterocycles. The summed E-state index contributed by atoms with van der Waals surface area (Å²) in [5.74, 6) is -0.597. The van der Waals surface area contributed by atoms with Gasteiger partial charge in [0, 0.05) is 13.1 Å². The topological polar surface area (TPSA) is 82.4 Å². The Morgan fingerprint density at radius 3 is 2.78 bits per heavy atom. The van der Waals surface area contributed by atoms with Gasteiger partial charge in [0.1, 0.15) is 0 Å². The van der Waals surface area contributed by atoms with Crippen LogP contribution in [0.3, 0.4) is 0 Å². The molecule has 0 aromatic carbocycles. The van der Waals surface area contributed by atoms with Crippen LogP contribution in [0.25, 0.3) is 0 Å². The van der Waals surface area contributed by atoms with Gasteiger partial charge in [0.2, 0.25) is 5.91 Å². The van der Waals surface area contributed by atoms with Crippen LogP contribution in [-0.4, -0.2) is 49.6 Å². The third kappa shape index (κ3) is 8.30. The number of carbonyl (C=O) groups excluding carboxylic acids is 2. The first-order valence-corrected chi connectivity index (χ1v) is 5.76. The molecule has 0 radical (unpaired) electrons. The zero-order valence-electron chi connectivity index (χ0n) is 10.6. The highest BCUT2D eigenvalue weighted by Gasteiger charge is 2.13. The van der Waals surface area contributed by atoms with Crippen molar-refractivity contribution in [2.24, 2.45) is 0 Å². The highest BCUT2D eigenvalue weighted by atomic mass is 16.5. The maximum atomic E-state index is 11.5. The van der Waals surface area contributed by atoms with Gasteiger partial charge in [-0.2, -0.15) is 5.26 Å². The first kappa shape index (κ1) is 16.1. The first-order valence-electron chi connectivity index (χ1n) is 5.76. The lowest BCUT2D eigenvalue weighted by atomic mass is 10.4. The van der Waals surface area contributed by atoms with Crippen molar-refractivity contribution in [3.8, 4) is 6.07 Å². The quantitative estimate of drug-likeness (QED) is 0.357. The number of hydrogen-bond donors (Lipinski definition) is 1. The van der Waals surface area contributed by atoms with Gasteiger partial charge in [0.05, 0.1) is 32.2 Å². The summed E-state index contributed by atoms with van der Waals surface area (Å²) in [6.07, 6.45) is 1.88. The molecule has 0 rings (SSSR count). The summed E-state index contributed by atoms with van der Waals surface area (Å²) in [5.41, 5.74) is 0. The minimum Gasteiger partial charge on any atom is -0.465 e. The Kier molecular flexibility index (Phi) is 9.23. The fraction of sp³-hybridized carbons (Fsp3) is 0.583. The van der Waals surface area contributed by atoms with Crippen LogP contribution in [0.2, 0.25) is 0 Å². The maximum absolute atomic E-state index is 11.5. The number of esters is 1. The number of rotatable bonds is 9. The van der Waals surface area contributed by atoms with Crippen molar-refractivity contribution in [2.75, 3.05) is 32.8 Å². The molecule has 0 atom stereocenters. The van der Waals surface area contributed by atoms with Gasteiger partial charge in [-0.15, -0.1) is 6.58 Å². The Labute approximate surface area is 107 Å². The Balaban J connectivity index is 4.09. The van der Waals surface area contributed by atoms with Gasteiger partial charge in [0.25, 0.3) is 0 Å². The number of hydrogen-bond acceptors (Lipinski definition) is 5. The molecule has 1 amide bonds. The van der Waals surface area contributed by atoms with Crippen LogP contribution in [0.4, 0.5) is 0 Å². The number of nitrogens with zero attached hydrogens (tertiary/aromatic N) is 2. The van der Waals surface area contributed by atoms with Crippen molar-refractivity contribution < 1.29 is 14.3 Å². The SMILES string of the molecule is C=CCN(CC(=O)NCCC#N)CC(=O)OCC. The van der Waals surface area contributed by atoms with E-state index in [2.05, 4.69) is 11.9 Å². The van der Waals surface area contributed by atoms with Gasteiger partial charge >= 0.3 is 5.97 Å². The van der Waals surface area contributed by atoms with E-state index in [1.165, 1.54) is 0 Å². The number of amides is 1. The second-order valence-corrected chi connectivity index (χ2v) is 3.52. The number of ether oxygens (including phenoxy) is 1. The summed E-state index contributed by atoms with van der Waals surface area (Å²) in [7, 11) is 0. The van der Waals surface area contributed by atoms with Crippen LogP contribution in [0.1, 0.15) is 13.3 Å². The van der Waals surface area contributed by atoms with Crippen molar-refractivity contribution in [3.63, 3.8) is 0 Å². The van der Waals surface area contributed by atoms with Crippen molar-refractivity contribution in [1.29, 1.82) is 5.26 Å². The predicted octanol–water partition coefficient (Wildman–Crippen LogP) is 0.0674. The lowest BCUT2D eigenvalue weighted by molar-refractivity contribution is -0.144. The molecule has 0 aliphatic carbocycles. The van der Waals surface area contributed by atoms with E-state index >= 15 is 0 Å². The summed E-state index contributed by atoms with van der Waals surface area (Å²) in [6.45, 7) is 6.47. The molecule has 0 saturated carbocycles. The van der Waals surface area contributed by atoms with Crippen molar-refractivity contribution in [2.45, 2.75) is 13.3 Å². The van der Waals surface area contributed by atoms with Crippen molar-refractivity contribution in [3.05, 3.63) is 12.7 Å². The Bertz CT molecular complexity index is 323. The largest absolute Gasteiger partial charge is 0.465 e. The zero-order chi connectivity index (χ0) is 13.8. The second-order valence-electron chi connectivity index (χ2n) is 3.52. The van der Waals surface area contributed by atoms with Gasteiger partial charge in [-0.05, 0) is 6.92 Å². The first-order chi connectivity index (χ1) is 8.63. The molecule has 0 fully saturated rings. The zero-order valence-corrected chi connectivity index (χ0v) is 10.6. The molecule has 0 heterocycles. The molecule has 0 spiro atoms. The molecule has 0 aromatic rings. The fourth-order valence-electron chi connectivity index (χ4n) is 1.27. The molecule has 100 valence electrons. The maximum Gasteiger partial charge on any atom is 0.320 e. The average molecular weight is 253 g/mol. The summed E-state index contributed by atoms with van der Waals surface area (Å²) < 4.78 is 4.81. The lowest BCUT2D eigenvalue weighted by Gasteiger charge is -2.18. The summed E-state index contributed by atoms with van der Waals surface area (Å²) in [5, 5.41) is 10.9. The summed E-state index contributed by atoms with van der Waals surface area (Å²) >= 11 is 0. The molecule has 18 heavy (non-hydrogen) atoms. The van der Waals surface area contributed by atoms with E-state index in [0.29, 0.717) is 19.7 Å². The monoisotopic (exact) mass is 253 g/mol. The van der Waals surface area contributed by atoms with Crippen molar-refractivity contribution >= 4 is 11.9 Å². The van der Waals surface area contributed by atoms with Crippen molar-refractivity contribution in [1.82, 2.24) is 10.2 Å². The smallest absolute Gasteiger partial charge is 0.320 e. The van der Waals surface area contributed by atoms with Crippen LogP contribution in [0, 0.1) is 11.3 Å². The van der Waals surface area contributed by atoms with Gasteiger partial charge in [-0.25, -0.2) is 0 Å². The fourth-order valence-corrected chi connectivity index (χ4v) is 1.27. The molecule has 1 N–H and O–H groups in total. The molecular formula is C12H19N3O3. The van der Waals surface area contributed by atoms with Gasteiger partial charge < -0.3 is 10.1 Å². The number of carbonyl (C=O) groups is 2. The van der Waals surface area contributed by atoms with E-state index in [-0.39, 0.29) is 31.4 Å². The number of nitriles is 1. The van der Waals surface area contributed by atoms with E-state index in [9.17, 15) is 9.59 Å². The van der Waals surface area contributed by atoms with E-state index in [0.717, 1.165) is 0 Å². The molecule has 0 bridgehead atoms.